The lowest BCUT2D eigenvalue weighted by Gasteiger charge is -2.11. The second-order valence-corrected chi connectivity index (χ2v) is 3.40. The van der Waals surface area contributed by atoms with Gasteiger partial charge in [0.15, 0.2) is 0 Å². The first-order chi connectivity index (χ1) is 6.16. The number of likely N-dealkylation sites (N-methyl/N-ethyl adjacent to an activating group) is 1. The smallest absolute Gasteiger partial charge is 0.0202 e. The first-order valence-electron chi connectivity index (χ1n) is 4.55. The Balaban J connectivity index is 3.05. The summed E-state index contributed by atoms with van der Waals surface area (Å²) >= 11 is 0. The molecular formula is C12H17N. The fraction of sp³-hybridized carbons (Fsp3) is 0.333. The maximum Gasteiger partial charge on any atom is 0.0202 e. The van der Waals surface area contributed by atoms with Gasteiger partial charge in [0.05, 0.1) is 0 Å². The van der Waals surface area contributed by atoms with Crippen LogP contribution >= 0.6 is 0 Å². The predicted octanol–water partition coefficient (Wildman–Crippen LogP) is 2.54. The molecular weight excluding hydrogens is 158 g/mol. The van der Waals surface area contributed by atoms with Gasteiger partial charge in [0.25, 0.3) is 0 Å². The highest BCUT2D eigenvalue weighted by molar-refractivity contribution is 5.70. The molecule has 0 aliphatic rings. The molecule has 13 heavy (non-hydrogen) atoms. The van der Waals surface area contributed by atoms with Crippen LogP contribution in [0.1, 0.15) is 16.7 Å². The van der Waals surface area contributed by atoms with Crippen LogP contribution in [0.25, 0.3) is 5.57 Å². The first-order valence-corrected chi connectivity index (χ1v) is 4.55. The highest BCUT2D eigenvalue weighted by Gasteiger charge is 2.04. The maximum atomic E-state index is 4.07. The van der Waals surface area contributed by atoms with Crippen LogP contribution in [0.2, 0.25) is 0 Å². The van der Waals surface area contributed by atoms with Crippen molar-refractivity contribution in [2.24, 2.45) is 0 Å². The summed E-state index contributed by atoms with van der Waals surface area (Å²) in [4.78, 5) is 0. The van der Waals surface area contributed by atoms with Crippen LogP contribution in [0, 0.1) is 13.8 Å². The molecule has 0 fully saturated rings. The summed E-state index contributed by atoms with van der Waals surface area (Å²) in [7, 11) is 1.94. The van der Waals surface area contributed by atoms with Gasteiger partial charge in [-0.15, -0.1) is 0 Å². The Kier molecular flexibility index (Phi) is 3.26. The van der Waals surface area contributed by atoms with Gasteiger partial charge in [0, 0.05) is 6.54 Å². The van der Waals surface area contributed by atoms with Gasteiger partial charge in [-0.25, -0.2) is 0 Å². The number of nitrogens with one attached hydrogen (secondary N) is 1. The molecule has 0 saturated heterocycles. The Morgan fingerprint density at radius 2 is 1.85 bits per heavy atom. The third-order valence-corrected chi connectivity index (χ3v) is 2.22. The second-order valence-electron chi connectivity index (χ2n) is 3.40. The summed E-state index contributed by atoms with van der Waals surface area (Å²) in [6, 6.07) is 6.34. The lowest BCUT2D eigenvalue weighted by Crippen LogP contribution is -2.10. The Bertz CT molecular complexity index is 293. The minimum absolute atomic E-state index is 0.853. The van der Waals surface area contributed by atoms with Gasteiger partial charge in [-0.2, -0.15) is 0 Å². The van der Waals surface area contributed by atoms with Crippen molar-refractivity contribution >= 4 is 5.57 Å². The van der Waals surface area contributed by atoms with Crippen LogP contribution in [0.4, 0.5) is 0 Å². The maximum absolute atomic E-state index is 4.07. The monoisotopic (exact) mass is 175 g/mol. The van der Waals surface area contributed by atoms with E-state index >= 15 is 0 Å². The second kappa shape index (κ2) is 4.24. The van der Waals surface area contributed by atoms with Crippen LogP contribution in [0.5, 0.6) is 0 Å². The Hall–Kier alpha value is -1.08. The highest BCUT2D eigenvalue weighted by atomic mass is 14.8. The van der Waals surface area contributed by atoms with E-state index in [1.165, 1.54) is 16.7 Å². The summed E-state index contributed by atoms with van der Waals surface area (Å²) in [6.07, 6.45) is 0. The first kappa shape index (κ1) is 10.0. The molecule has 1 aromatic carbocycles. The van der Waals surface area contributed by atoms with E-state index in [9.17, 15) is 0 Å². The molecule has 1 heteroatoms. The molecule has 70 valence electrons. The van der Waals surface area contributed by atoms with Crippen molar-refractivity contribution in [3.8, 4) is 0 Å². The average Bonchev–Trinajstić information content (AvgIpc) is 2.04. The zero-order valence-electron chi connectivity index (χ0n) is 8.65. The van der Waals surface area contributed by atoms with Gasteiger partial charge in [-0.05, 0) is 43.2 Å². The molecule has 0 amide bonds. The summed E-state index contributed by atoms with van der Waals surface area (Å²) in [6.45, 7) is 9.18. The van der Waals surface area contributed by atoms with Crippen LogP contribution in [0.15, 0.2) is 24.8 Å². The standard InChI is InChI=1S/C12H17N/c1-9-6-5-7-10(2)12(9)11(3)8-13-4/h5-7,13H,3,8H2,1-2,4H3. The van der Waals surface area contributed by atoms with E-state index < -0.39 is 0 Å². The molecule has 0 aliphatic carbocycles. The molecule has 0 radical (unpaired) electrons. The van der Waals surface area contributed by atoms with Crippen LogP contribution in [0.3, 0.4) is 0 Å². The van der Waals surface area contributed by atoms with E-state index in [2.05, 4.69) is 43.9 Å². The SMILES string of the molecule is C=C(CNC)c1c(C)cccc1C. The summed E-state index contributed by atoms with van der Waals surface area (Å²) in [5.74, 6) is 0. The third kappa shape index (κ3) is 2.19. The average molecular weight is 175 g/mol. The third-order valence-electron chi connectivity index (χ3n) is 2.22. The van der Waals surface area contributed by atoms with Crippen LogP contribution in [-0.4, -0.2) is 13.6 Å². The van der Waals surface area contributed by atoms with Crippen LogP contribution < -0.4 is 5.32 Å². The number of hydrogen-bond donors (Lipinski definition) is 1. The van der Waals surface area contributed by atoms with Crippen molar-refractivity contribution in [2.45, 2.75) is 13.8 Å². The number of aryl methyl sites for hydroxylation is 2. The van der Waals surface area contributed by atoms with Gasteiger partial charge < -0.3 is 5.32 Å². The Morgan fingerprint density at radius 1 is 1.31 bits per heavy atom. The van der Waals surface area contributed by atoms with Crippen molar-refractivity contribution in [1.29, 1.82) is 0 Å². The molecule has 1 rings (SSSR count). The quantitative estimate of drug-likeness (QED) is 0.744. The molecule has 1 nitrogen and oxygen atoms in total. The molecule has 0 atom stereocenters. The van der Waals surface area contributed by atoms with Crippen molar-refractivity contribution in [3.05, 3.63) is 41.5 Å². The van der Waals surface area contributed by atoms with Gasteiger partial charge in [-0.1, -0.05) is 24.8 Å². The van der Waals surface area contributed by atoms with E-state index in [0.717, 1.165) is 12.1 Å². The lowest BCUT2D eigenvalue weighted by molar-refractivity contribution is 0.930. The van der Waals surface area contributed by atoms with Gasteiger partial charge in [0.2, 0.25) is 0 Å². The zero-order valence-corrected chi connectivity index (χ0v) is 8.65. The summed E-state index contributed by atoms with van der Waals surface area (Å²) < 4.78 is 0. The zero-order chi connectivity index (χ0) is 9.84. The van der Waals surface area contributed by atoms with E-state index in [0.29, 0.717) is 0 Å². The molecule has 0 unspecified atom stereocenters. The molecule has 0 bridgehead atoms. The molecule has 1 aromatic rings. The number of hydrogen-bond acceptors (Lipinski definition) is 1. The summed E-state index contributed by atoms with van der Waals surface area (Å²) in [5.41, 5.74) is 5.08. The predicted molar refractivity (Wildman–Crippen MR) is 58.9 cm³/mol. The van der Waals surface area contributed by atoms with E-state index in [1.807, 2.05) is 7.05 Å². The topological polar surface area (TPSA) is 12.0 Å². The molecule has 0 heterocycles. The normalized spacial score (nSPS) is 10.1. The van der Waals surface area contributed by atoms with Crippen molar-refractivity contribution in [3.63, 3.8) is 0 Å². The minimum atomic E-state index is 0.853. The van der Waals surface area contributed by atoms with E-state index in [-0.39, 0.29) is 0 Å². The number of rotatable bonds is 3. The Morgan fingerprint density at radius 3 is 2.31 bits per heavy atom. The molecule has 0 aromatic heterocycles. The largest absolute Gasteiger partial charge is 0.316 e. The van der Waals surface area contributed by atoms with Gasteiger partial charge in [-0.3, -0.25) is 0 Å². The van der Waals surface area contributed by atoms with Crippen molar-refractivity contribution < 1.29 is 0 Å². The fourth-order valence-corrected chi connectivity index (χ4v) is 1.67. The molecule has 0 saturated carbocycles. The Labute approximate surface area is 80.5 Å². The lowest BCUT2D eigenvalue weighted by atomic mass is 9.97. The molecule has 0 spiro atoms. The van der Waals surface area contributed by atoms with Crippen molar-refractivity contribution in [1.82, 2.24) is 5.32 Å². The minimum Gasteiger partial charge on any atom is -0.316 e. The fourth-order valence-electron chi connectivity index (χ4n) is 1.67. The summed E-state index contributed by atoms with van der Waals surface area (Å²) in [5, 5.41) is 3.12. The van der Waals surface area contributed by atoms with Gasteiger partial charge >= 0.3 is 0 Å². The molecule has 0 aliphatic heterocycles. The van der Waals surface area contributed by atoms with Crippen LogP contribution in [-0.2, 0) is 0 Å². The highest BCUT2D eigenvalue weighted by Crippen LogP contribution is 2.20. The van der Waals surface area contributed by atoms with E-state index in [4.69, 9.17) is 0 Å². The number of benzene rings is 1. The van der Waals surface area contributed by atoms with Crippen molar-refractivity contribution in [2.75, 3.05) is 13.6 Å². The molecule has 1 N–H and O–H groups in total. The van der Waals surface area contributed by atoms with E-state index in [1.54, 1.807) is 0 Å². The van der Waals surface area contributed by atoms with Gasteiger partial charge in [0.1, 0.15) is 0 Å².